The SMILES string of the molecule is O=C(Nc1ccnc(OCCO)c1)OCc1ccccc1. The lowest BCUT2D eigenvalue weighted by molar-refractivity contribution is 0.155. The smallest absolute Gasteiger partial charge is 0.411 e. The molecule has 0 radical (unpaired) electrons. The van der Waals surface area contributed by atoms with Crippen LogP contribution in [0.4, 0.5) is 10.5 Å². The van der Waals surface area contributed by atoms with Gasteiger partial charge in [0.1, 0.15) is 13.2 Å². The van der Waals surface area contributed by atoms with Crippen molar-refractivity contribution in [1.82, 2.24) is 4.98 Å². The van der Waals surface area contributed by atoms with E-state index in [9.17, 15) is 4.79 Å². The van der Waals surface area contributed by atoms with Crippen molar-refractivity contribution in [2.24, 2.45) is 0 Å². The Morgan fingerprint density at radius 2 is 2.05 bits per heavy atom. The van der Waals surface area contributed by atoms with E-state index in [1.54, 1.807) is 12.1 Å². The first-order chi connectivity index (χ1) is 10.3. The van der Waals surface area contributed by atoms with Crippen molar-refractivity contribution in [3.63, 3.8) is 0 Å². The molecule has 0 atom stereocenters. The molecule has 0 saturated heterocycles. The van der Waals surface area contributed by atoms with Gasteiger partial charge >= 0.3 is 6.09 Å². The van der Waals surface area contributed by atoms with Crippen LogP contribution < -0.4 is 10.1 Å². The Labute approximate surface area is 122 Å². The van der Waals surface area contributed by atoms with Gasteiger partial charge in [0.2, 0.25) is 5.88 Å². The van der Waals surface area contributed by atoms with Gasteiger partial charge in [0.25, 0.3) is 0 Å². The Bertz CT molecular complexity index is 575. The molecule has 0 aliphatic heterocycles. The number of anilines is 1. The minimum Gasteiger partial charge on any atom is -0.475 e. The molecule has 0 saturated carbocycles. The minimum absolute atomic E-state index is 0.0988. The van der Waals surface area contributed by atoms with Gasteiger partial charge in [-0.25, -0.2) is 9.78 Å². The zero-order valence-electron chi connectivity index (χ0n) is 11.4. The highest BCUT2D eigenvalue weighted by atomic mass is 16.5. The van der Waals surface area contributed by atoms with Crippen LogP contribution in [0.2, 0.25) is 0 Å². The normalized spacial score (nSPS) is 9.95. The van der Waals surface area contributed by atoms with Gasteiger partial charge in [0, 0.05) is 12.3 Å². The summed E-state index contributed by atoms with van der Waals surface area (Å²) in [5.41, 5.74) is 1.42. The topological polar surface area (TPSA) is 80.7 Å². The zero-order valence-corrected chi connectivity index (χ0v) is 11.4. The summed E-state index contributed by atoms with van der Waals surface area (Å²) in [5, 5.41) is 11.3. The van der Waals surface area contributed by atoms with E-state index in [-0.39, 0.29) is 19.8 Å². The minimum atomic E-state index is -0.557. The van der Waals surface area contributed by atoms with Crippen molar-refractivity contribution in [1.29, 1.82) is 0 Å². The average molecular weight is 288 g/mol. The highest BCUT2D eigenvalue weighted by molar-refractivity contribution is 5.84. The number of aromatic nitrogens is 1. The van der Waals surface area contributed by atoms with E-state index >= 15 is 0 Å². The summed E-state index contributed by atoms with van der Waals surface area (Å²) in [5.74, 6) is 0.324. The lowest BCUT2D eigenvalue weighted by atomic mass is 10.2. The van der Waals surface area contributed by atoms with Gasteiger partial charge in [-0.2, -0.15) is 0 Å². The molecule has 1 heterocycles. The van der Waals surface area contributed by atoms with Crippen molar-refractivity contribution in [2.45, 2.75) is 6.61 Å². The van der Waals surface area contributed by atoms with E-state index in [1.807, 2.05) is 30.3 Å². The third-order valence-electron chi connectivity index (χ3n) is 2.54. The van der Waals surface area contributed by atoms with Gasteiger partial charge in [-0.15, -0.1) is 0 Å². The number of carbonyl (C=O) groups is 1. The standard InChI is InChI=1S/C15H16N2O4/c18-8-9-20-14-10-13(6-7-16-14)17-15(19)21-11-12-4-2-1-3-5-12/h1-7,10,18H,8-9,11H2,(H,16,17,19). The van der Waals surface area contributed by atoms with Gasteiger partial charge in [0.05, 0.1) is 12.3 Å². The van der Waals surface area contributed by atoms with Crippen LogP contribution in [-0.2, 0) is 11.3 Å². The predicted molar refractivity (Wildman–Crippen MR) is 77.1 cm³/mol. The number of nitrogens with zero attached hydrogens (tertiary/aromatic N) is 1. The van der Waals surface area contributed by atoms with Gasteiger partial charge in [-0.1, -0.05) is 30.3 Å². The predicted octanol–water partition coefficient (Wildman–Crippen LogP) is 2.20. The number of carbonyl (C=O) groups excluding carboxylic acids is 1. The van der Waals surface area contributed by atoms with Crippen LogP contribution in [0, 0.1) is 0 Å². The van der Waals surface area contributed by atoms with Gasteiger partial charge in [-0.3, -0.25) is 5.32 Å². The number of amides is 1. The number of aliphatic hydroxyl groups is 1. The van der Waals surface area contributed by atoms with Gasteiger partial charge in [-0.05, 0) is 11.6 Å². The summed E-state index contributed by atoms with van der Waals surface area (Å²) in [6.07, 6.45) is 0.942. The molecule has 0 aliphatic rings. The fraction of sp³-hybridized carbons (Fsp3) is 0.200. The maximum atomic E-state index is 11.7. The van der Waals surface area contributed by atoms with Crippen molar-refractivity contribution >= 4 is 11.8 Å². The van der Waals surface area contributed by atoms with E-state index in [4.69, 9.17) is 14.6 Å². The molecule has 2 rings (SSSR count). The summed E-state index contributed by atoms with van der Waals surface area (Å²) in [7, 11) is 0. The van der Waals surface area contributed by atoms with Crippen LogP contribution in [0.1, 0.15) is 5.56 Å². The molecule has 0 aliphatic carbocycles. The number of hydrogen-bond donors (Lipinski definition) is 2. The Balaban J connectivity index is 1.84. The number of hydrogen-bond acceptors (Lipinski definition) is 5. The molecular weight excluding hydrogens is 272 g/mol. The van der Waals surface area contributed by atoms with E-state index in [0.717, 1.165) is 5.56 Å². The fourth-order valence-electron chi connectivity index (χ4n) is 1.59. The molecule has 21 heavy (non-hydrogen) atoms. The number of nitrogens with one attached hydrogen (secondary N) is 1. The summed E-state index contributed by atoms with van der Waals surface area (Å²) in [6.45, 7) is 0.249. The van der Waals surface area contributed by atoms with Crippen molar-refractivity contribution < 1.29 is 19.4 Å². The maximum Gasteiger partial charge on any atom is 0.411 e. The molecule has 0 bridgehead atoms. The second kappa shape index (κ2) is 7.86. The molecule has 0 unspecified atom stereocenters. The highest BCUT2D eigenvalue weighted by Gasteiger charge is 2.05. The van der Waals surface area contributed by atoms with Gasteiger partial charge in [0.15, 0.2) is 0 Å². The Morgan fingerprint density at radius 1 is 1.24 bits per heavy atom. The van der Waals surface area contributed by atoms with Crippen LogP contribution >= 0.6 is 0 Å². The van der Waals surface area contributed by atoms with Crippen LogP contribution in [-0.4, -0.2) is 29.4 Å². The summed E-state index contributed by atoms with van der Waals surface area (Å²) in [6, 6.07) is 12.6. The molecule has 2 N–H and O–H groups in total. The first-order valence-corrected chi connectivity index (χ1v) is 6.45. The highest BCUT2D eigenvalue weighted by Crippen LogP contribution is 2.14. The lowest BCUT2D eigenvalue weighted by Crippen LogP contribution is -2.13. The average Bonchev–Trinajstić information content (AvgIpc) is 2.52. The quantitative estimate of drug-likeness (QED) is 0.851. The molecule has 2 aromatic rings. The molecule has 110 valence electrons. The van der Waals surface area contributed by atoms with E-state index < -0.39 is 6.09 Å². The molecule has 0 spiro atoms. The molecule has 6 nitrogen and oxygen atoms in total. The van der Waals surface area contributed by atoms with Crippen LogP contribution in [0.15, 0.2) is 48.7 Å². The lowest BCUT2D eigenvalue weighted by Gasteiger charge is -2.08. The third-order valence-corrected chi connectivity index (χ3v) is 2.54. The van der Waals surface area contributed by atoms with E-state index in [0.29, 0.717) is 11.6 Å². The Hall–Kier alpha value is -2.60. The van der Waals surface area contributed by atoms with Crippen LogP contribution in [0.25, 0.3) is 0 Å². The van der Waals surface area contributed by atoms with Crippen LogP contribution in [0.3, 0.4) is 0 Å². The van der Waals surface area contributed by atoms with Crippen molar-refractivity contribution in [3.8, 4) is 5.88 Å². The summed E-state index contributed by atoms with van der Waals surface area (Å²) < 4.78 is 10.3. The number of rotatable bonds is 6. The van der Waals surface area contributed by atoms with E-state index in [2.05, 4.69) is 10.3 Å². The number of pyridine rings is 1. The molecule has 1 amide bonds. The molecule has 6 heteroatoms. The first kappa shape index (κ1) is 14.8. The largest absolute Gasteiger partial charge is 0.475 e. The number of benzene rings is 1. The molecule has 1 aromatic heterocycles. The number of aliphatic hydroxyl groups excluding tert-OH is 1. The third kappa shape index (κ3) is 5.12. The monoisotopic (exact) mass is 288 g/mol. The van der Waals surface area contributed by atoms with Crippen LogP contribution in [0.5, 0.6) is 5.88 Å². The van der Waals surface area contributed by atoms with Crippen molar-refractivity contribution in [2.75, 3.05) is 18.5 Å². The molecule has 0 fully saturated rings. The van der Waals surface area contributed by atoms with E-state index in [1.165, 1.54) is 6.20 Å². The second-order valence-electron chi connectivity index (χ2n) is 4.14. The molecular formula is C15H16N2O4. The summed E-state index contributed by atoms with van der Waals surface area (Å²) >= 11 is 0. The maximum absolute atomic E-state index is 11.7. The number of ether oxygens (including phenoxy) is 2. The van der Waals surface area contributed by atoms with Crippen molar-refractivity contribution in [3.05, 3.63) is 54.2 Å². The Kier molecular flexibility index (Phi) is 5.54. The van der Waals surface area contributed by atoms with Gasteiger partial charge < -0.3 is 14.6 Å². The zero-order chi connectivity index (χ0) is 14.9. The Morgan fingerprint density at radius 3 is 2.81 bits per heavy atom. The molecule has 1 aromatic carbocycles. The second-order valence-corrected chi connectivity index (χ2v) is 4.14. The first-order valence-electron chi connectivity index (χ1n) is 6.45. The fourth-order valence-corrected chi connectivity index (χ4v) is 1.59. The summed E-state index contributed by atoms with van der Waals surface area (Å²) in [4.78, 5) is 15.6.